The maximum absolute atomic E-state index is 12.3. The molecule has 1 aromatic heterocycles. The highest BCUT2D eigenvalue weighted by Gasteiger charge is 2.14. The van der Waals surface area contributed by atoms with E-state index in [4.69, 9.17) is 0 Å². The van der Waals surface area contributed by atoms with E-state index in [2.05, 4.69) is 30.6 Å². The Morgan fingerprint density at radius 2 is 1.67 bits per heavy atom. The van der Waals surface area contributed by atoms with Crippen molar-refractivity contribution in [3.8, 4) is 11.3 Å². The molecule has 7 heteroatoms. The van der Waals surface area contributed by atoms with Crippen molar-refractivity contribution in [1.82, 2.24) is 14.7 Å². The lowest BCUT2D eigenvalue weighted by Gasteiger charge is -2.07. The molecule has 0 spiro atoms. The molecule has 5 nitrogen and oxygen atoms in total. The van der Waals surface area contributed by atoms with Crippen LogP contribution in [-0.4, -0.2) is 18.4 Å². The summed E-state index contributed by atoms with van der Waals surface area (Å²) in [6, 6.07) is 17.9. The molecule has 0 radical (unpaired) electrons. The van der Waals surface area contributed by atoms with Gasteiger partial charge in [0.2, 0.25) is 10.0 Å². The normalized spacial score (nSPS) is 11.4. The highest BCUT2D eigenvalue weighted by molar-refractivity contribution is 9.10. The van der Waals surface area contributed by atoms with Crippen molar-refractivity contribution in [2.24, 2.45) is 0 Å². The minimum absolute atomic E-state index is 0.0980. The van der Waals surface area contributed by atoms with Gasteiger partial charge >= 0.3 is 0 Å². The molecule has 24 heavy (non-hydrogen) atoms. The zero-order valence-electron chi connectivity index (χ0n) is 12.6. The van der Waals surface area contributed by atoms with Crippen LogP contribution < -0.4 is 4.72 Å². The number of aromatic nitrogens is 2. The van der Waals surface area contributed by atoms with Crippen LogP contribution in [0.25, 0.3) is 11.3 Å². The van der Waals surface area contributed by atoms with Crippen molar-refractivity contribution in [2.45, 2.75) is 11.4 Å². The van der Waals surface area contributed by atoms with Crippen LogP contribution in [0.3, 0.4) is 0 Å². The van der Waals surface area contributed by atoms with Gasteiger partial charge in [0.1, 0.15) is 6.33 Å². The van der Waals surface area contributed by atoms with Gasteiger partial charge < -0.3 is 0 Å². The highest BCUT2D eigenvalue weighted by Crippen LogP contribution is 2.17. The van der Waals surface area contributed by atoms with Gasteiger partial charge in [-0.15, -0.1) is 0 Å². The third-order valence-corrected chi connectivity index (χ3v) is 5.31. The van der Waals surface area contributed by atoms with E-state index in [0.717, 1.165) is 15.7 Å². The molecule has 0 bridgehead atoms. The van der Waals surface area contributed by atoms with Crippen molar-refractivity contribution in [2.75, 3.05) is 0 Å². The Labute approximate surface area is 149 Å². The number of hydrogen-bond acceptors (Lipinski definition) is 4. The van der Waals surface area contributed by atoms with E-state index >= 15 is 0 Å². The summed E-state index contributed by atoms with van der Waals surface area (Å²) >= 11 is 3.29. The van der Waals surface area contributed by atoms with Crippen LogP contribution in [0.2, 0.25) is 0 Å². The average Bonchev–Trinajstić information content (AvgIpc) is 2.61. The third kappa shape index (κ3) is 4.05. The average molecular weight is 404 g/mol. The summed E-state index contributed by atoms with van der Waals surface area (Å²) in [5.41, 5.74) is 2.31. The molecule has 0 aliphatic rings. The number of nitrogens with one attached hydrogen (secondary N) is 1. The van der Waals surface area contributed by atoms with Crippen molar-refractivity contribution >= 4 is 26.0 Å². The van der Waals surface area contributed by atoms with Gasteiger partial charge in [-0.3, -0.25) is 0 Å². The summed E-state index contributed by atoms with van der Waals surface area (Å²) in [6.07, 6.45) is 1.44. The number of sulfonamides is 1. The van der Waals surface area contributed by atoms with Gasteiger partial charge in [0.25, 0.3) is 0 Å². The molecule has 0 fully saturated rings. The first-order valence-corrected chi connectivity index (χ1v) is 9.44. The predicted molar refractivity (Wildman–Crippen MR) is 95.6 cm³/mol. The van der Waals surface area contributed by atoms with Crippen LogP contribution >= 0.6 is 15.9 Å². The molecule has 0 atom stereocenters. The number of halogens is 1. The summed E-state index contributed by atoms with van der Waals surface area (Å²) in [6.45, 7) is 0.0980. The summed E-state index contributed by atoms with van der Waals surface area (Å²) in [4.78, 5) is 8.57. The second-order valence-corrected chi connectivity index (χ2v) is 7.72. The number of rotatable bonds is 5. The first-order chi connectivity index (χ1) is 11.5. The standard InChI is InChI=1S/C17H14BrN3O2S/c18-14-6-8-16(9-7-14)24(22,23)21-11-15-10-17(20-12-19-15)13-4-2-1-3-5-13/h1-10,12,21H,11H2. The fraction of sp³-hybridized carbons (Fsp3) is 0.0588. The minimum Gasteiger partial charge on any atom is -0.240 e. The zero-order chi connectivity index (χ0) is 17.0. The van der Waals surface area contributed by atoms with E-state index in [1.807, 2.05) is 30.3 Å². The number of nitrogens with zero attached hydrogens (tertiary/aromatic N) is 2. The van der Waals surface area contributed by atoms with Gasteiger partial charge in [0.05, 0.1) is 22.8 Å². The summed E-state index contributed by atoms with van der Waals surface area (Å²) in [5.74, 6) is 0. The lowest BCUT2D eigenvalue weighted by atomic mass is 10.1. The van der Waals surface area contributed by atoms with Crippen molar-refractivity contribution < 1.29 is 8.42 Å². The van der Waals surface area contributed by atoms with Crippen LogP contribution in [0.1, 0.15) is 5.69 Å². The van der Waals surface area contributed by atoms with Crippen molar-refractivity contribution in [1.29, 1.82) is 0 Å². The Morgan fingerprint density at radius 3 is 2.38 bits per heavy atom. The third-order valence-electron chi connectivity index (χ3n) is 3.36. The molecule has 0 saturated heterocycles. The molecular weight excluding hydrogens is 390 g/mol. The highest BCUT2D eigenvalue weighted by atomic mass is 79.9. The molecule has 1 N–H and O–H groups in total. The molecule has 0 amide bonds. The van der Waals surface area contributed by atoms with Gasteiger partial charge in [0.15, 0.2) is 0 Å². The molecule has 0 unspecified atom stereocenters. The predicted octanol–water partition coefficient (Wildman–Crippen LogP) is 3.38. The van der Waals surface area contributed by atoms with Crippen LogP contribution in [0, 0.1) is 0 Å². The number of benzene rings is 2. The van der Waals surface area contributed by atoms with Gasteiger partial charge in [-0.05, 0) is 30.3 Å². The van der Waals surface area contributed by atoms with E-state index in [9.17, 15) is 8.42 Å². The largest absolute Gasteiger partial charge is 0.240 e. The van der Waals surface area contributed by atoms with Gasteiger partial charge in [-0.25, -0.2) is 23.1 Å². The lowest BCUT2D eigenvalue weighted by Crippen LogP contribution is -2.23. The van der Waals surface area contributed by atoms with Crippen LogP contribution in [0.5, 0.6) is 0 Å². The zero-order valence-corrected chi connectivity index (χ0v) is 15.0. The van der Waals surface area contributed by atoms with Crippen LogP contribution in [0.15, 0.2) is 76.4 Å². The van der Waals surface area contributed by atoms with Gasteiger partial charge in [-0.2, -0.15) is 0 Å². The molecule has 3 rings (SSSR count). The van der Waals surface area contributed by atoms with Crippen molar-refractivity contribution in [3.05, 3.63) is 77.2 Å². The fourth-order valence-electron chi connectivity index (χ4n) is 2.13. The molecule has 0 aliphatic heterocycles. The molecular formula is C17H14BrN3O2S. The Hall–Kier alpha value is -2.09. The van der Waals surface area contributed by atoms with Crippen molar-refractivity contribution in [3.63, 3.8) is 0 Å². The molecule has 0 saturated carbocycles. The molecule has 3 aromatic rings. The van der Waals surface area contributed by atoms with Crippen LogP contribution in [0.4, 0.5) is 0 Å². The van der Waals surface area contributed by atoms with E-state index in [1.54, 1.807) is 30.3 Å². The maximum Gasteiger partial charge on any atom is 0.240 e. The Bertz CT molecular complexity index is 930. The SMILES string of the molecule is O=S(=O)(NCc1cc(-c2ccccc2)ncn1)c1ccc(Br)cc1. The van der Waals surface area contributed by atoms with Crippen LogP contribution in [-0.2, 0) is 16.6 Å². The quantitative estimate of drug-likeness (QED) is 0.708. The first kappa shape index (κ1) is 16.8. The maximum atomic E-state index is 12.3. The molecule has 122 valence electrons. The second kappa shape index (κ2) is 7.21. The lowest BCUT2D eigenvalue weighted by molar-refractivity contribution is 0.580. The van der Waals surface area contributed by atoms with E-state index in [0.29, 0.717) is 5.69 Å². The van der Waals surface area contributed by atoms with Gasteiger partial charge in [-0.1, -0.05) is 46.3 Å². The Balaban J connectivity index is 1.76. The summed E-state index contributed by atoms with van der Waals surface area (Å²) in [7, 11) is -3.58. The second-order valence-electron chi connectivity index (χ2n) is 5.04. The molecule has 0 aliphatic carbocycles. The monoisotopic (exact) mass is 403 g/mol. The minimum atomic E-state index is -3.58. The van der Waals surface area contributed by atoms with E-state index < -0.39 is 10.0 Å². The smallest absolute Gasteiger partial charge is 0.240 e. The van der Waals surface area contributed by atoms with Gasteiger partial charge in [0, 0.05) is 10.0 Å². The molecule has 2 aromatic carbocycles. The Morgan fingerprint density at radius 1 is 0.958 bits per heavy atom. The summed E-state index contributed by atoms with van der Waals surface area (Å²) in [5, 5.41) is 0. The number of hydrogen-bond donors (Lipinski definition) is 1. The topological polar surface area (TPSA) is 72.0 Å². The fourth-order valence-corrected chi connectivity index (χ4v) is 3.39. The van der Waals surface area contributed by atoms with E-state index in [1.165, 1.54) is 6.33 Å². The Kier molecular flexibility index (Phi) is 5.03. The first-order valence-electron chi connectivity index (χ1n) is 7.16. The van der Waals surface area contributed by atoms with E-state index in [-0.39, 0.29) is 11.4 Å². The summed E-state index contributed by atoms with van der Waals surface area (Å²) < 4.78 is 28.0. The molecule has 1 heterocycles.